The molecule has 1 aliphatic heterocycles. The number of benzene rings is 1. The summed E-state index contributed by atoms with van der Waals surface area (Å²) >= 11 is 1.69. The van der Waals surface area contributed by atoms with Crippen molar-refractivity contribution in [2.24, 2.45) is 0 Å². The molecule has 0 radical (unpaired) electrons. The van der Waals surface area contributed by atoms with E-state index in [2.05, 4.69) is 12.1 Å². The molecule has 1 aliphatic rings. The Morgan fingerprint density at radius 2 is 2.36 bits per heavy atom. The summed E-state index contributed by atoms with van der Waals surface area (Å²) in [5.41, 5.74) is 1.30. The van der Waals surface area contributed by atoms with Crippen molar-refractivity contribution in [2.75, 3.05) is 19.0 Å². The van der Waals surface area contributed by atoms with E-state index in [0.29, 0.717) is 0 Å². The van der Waals surface area contributed by atoms with Gasteiger partial charge in [-0.15, -0.1) is 11.8 Å². The molecule has 0 aromatic heterocycles. The van der Waals surface area contributed by atoms with Gasteiger partial charge in [-0.25, -0.2) is 0 Å². The van der Waals surface area contributed by atoms with E-state index in [1.807, 2.05) is 6.07 Å². The molecule has 0 bridgehead atoms. The van der Waals surface area contributed by atoms with Crippen LogP contribution in [0.15, 0.2) is 23.1 Å². The Labute approximate surface area is 88.3 Å². The van der Waals surface area contributed by atoms with Crippen molar-refractivity contribution in [3.63, 3.8) is 0 Å². The Bertz CT molecular complexity index is 312. The lowest BCUT2D eigenvalue weighted by atomic mass is 10.1. The number of aryl methyl sites for hydroxylation is 1. The number of rotatable bonds is 3. The predicted octanol–water partition coefficient (Wildman–Crippen LogP) is 2.10. The summed E-state index contributed by atoms with van der Waals surface area (Å²) in [6.07, 6.45) is 2.23. The van der Waals surface area contributed by atoms with Crippen molar-refractivity contribution < 1.29 is 9.84 Å². The molecule has 2 rings (SSSR count). The van der Waals surface area contributed by atoms with Gasteiger partial charge in [0, 0.05) is 10.6 Å². The number of aliphatic hydroxyl groups excluding tert-OH is 1. The van der Waals surface area contributed by atoms with E-state index in [9.17, 15) is 0 Å². The third-order valence-corrected chi connectivity index (χ3v) is 3.21. The van der Waals surface area contributed by atoms with E-state index >= 15 is 0 Å². The van der Waals surface area contributed by atoms with Gasteiger partial charge in [-0.3, -0.25) is 0 Å². The van der Waals surface area contributed by atoms with Crippen molar-refractivity contribution in [1.82, 2.24) is 0 Å². The molecule has 0 unspecified atom stereocenters. The van der Waals surface area contributed by atoms with Crippen LogP contribution in [-0.4, -0.2) is 24.1 Å². The Balaban J connectivity index is 2.12. The number of fused-ring (bicyclic) bond motifs is 1. The third-order valence-electron chi connectivity index (χ3n) is 2.24. The van der Waals surface area contributed by atoms with Gasteiger partial charge in [0.25, 0.3) is 0 Å². The summed E-state index contributed by atoms with van der Waals surface area (Å²) in [5, 5.41) is 8.72. The highest BCUT2D eigenvalue weighted by Crippen LogP contribution is 2.29. The standard InChI is InChI=1S/C11H14O2S/c12-5-7-14-10-3-4-11-9(8-10)2-1-6-13-11/h3-4,8,12H,1-2,5-7H2. The second-order valence-corrected chi connectivity index (χ2v) is 4.46. The minimum atomic E-state index is 0.234. The first-order valence-corrected chi connectivity index (χ1v) is 5.88. The van der Waals surface area contributed by atoms with E-state index in [4.69, 9.17) is 9.84 Å². The lowest BCUT2D eigenvalue weighted by Crippen LogP contribution is -2.07. The fourth-order valence-electron chi connectivity index (χ4n) is 1.59. The van der Waals surface area contributed by atoms with Gasteiger partial charge in [0.1, 0.15) is 5.75 Å². The number of hydrogen-bond donors (Lipinski definition) is 1. The summed E-state index contributed by atoms with van der Waals surface area (Å²) in [6.45, 7) is 1.08. The maximum atomic E-state index is 8.72. The van der Waals surface area contributed by atoms with Crippen LogP contribution in [0, 0.1) is 0 Å². The van der Waals surface area contributed by atoms with Gasteiger partial charge >= 0.3 is 0 Å². The molecule has 0 spiro atoms. The molecule has 2 nitrogen and oxygen atoms in total. The number of hydrogen-bond acceptors (Lipinski definition) is 3. The van der Waals surface area contributed by atoms with Gasteiger partial charge < -0.3 is 9.84 Å². The maximum absolute atomic E-state index is 8.72. The summed E-state index contributed by atoms with van der Waals surface area (Å²) in [6, 6.07) is 6.27. The first kappa shape index (κ1) is 9.87. The van der Waals surface area contributed by atoms with Crippen LogP contribution in [0.3, 0.4) is 0 Å². The van der Waals surface area contributed by atoms with Crippen LogP contribution in [-0.2, 0) is 6.42 Å². The molecule has 0 saturated carbocycles. The van der Waals surface area contributed by atoms with Crippen molar-refractivity contribution >= 4 is 11.8 Å². The monoisotopic (exact) mass is 210 g/mol. The smallest absolute Gasteiger partial charge is 0.122 e. The molecule has 3 heteroatoms. The quantitative estimate of drug-likeness (QED) is 0.775. The molecule has 1 N–H and O–H groups in total. The summed E-state index contributed by atoms with van der Waals surface area (Å²) < 4.78 is 5.52. The second-order valence-electron chi connectivity index (χ2n) is 3.29. The minimum absolute atomic E-state index is 0.234. The fraction of sp³-hybridized carbons (Fsp3) is 0.455. The lowest BCUT2D eigenvalue weighted by Gasteiger charge is -2.17. The molecular formula is C11H14O2S. The highest BCUT2D eigenvalue weighted by atomic mass is 32.2. The number of aliphatic hydroxyl groups is 1. The average Bonchev–Trinajstić information content (AvgIpc) is 2.26. The Morgan fingerprint density at radius 1 is 1.43 bits per heavy atom. The molecular weight excluding hydrogens is 196 g/mol. The number of ether oxygens (including phenoxy) is 1. The Hall–Kier alpha value is -0.670. The summed E-state index contributed by atoms with van der Waals surface area (Å²) in [4.78, 5) is 1.23. The summed E-state index contributed by atoms with van der Waals surface area (Å²) in [5.74, 6) is 1.80. The van der Waals surface area contributed by atoms with E-state index in [-0.39, 0.29) is 6.61 Å². The molecule has 14 heavy (non-hydrogen) atoms. The van der Waals surface area contributed by atoms with Gasteiger partial charge in [0.15, 0.2) is 0 Å². The van der Waals surface area contributed by atoms with Gasteiger partial charge in [-0.1, -0.05) is 0 Å². The van der Waals surface area contributed by atoms with Crippen molar-refractivity contribution in [1.29, 1.82) is 0 Å². The molecule has 1 aromatic carbocycles. The third kappa shape index (κ3) is 2.22. The van der Waals surface area contributed by atoms with Gasteiger partial charge in [-0.05, 0) is 36.6 Å². The van der Waals surface area contributed by atoms with Crippen LogP contribution < -0.4 is 4.74 Å². The van der Waals surface area contributed by atoms with Gasteiger partial charge in [-0.2, -0.15) is 0 Å². The first-order chi connectivity index (χ1) is 6.90. The minimum Gasteiger partial charge on any atom is -0.493 e. The zero-order valence-corrected chi connectivity index (χ0v) is 8.85. The maximum Gasteiger partial charge on any atom is 0.122 e. The molecule has 0 fully saturated rings. The van der Waals surface area contributed by atoms with Crippen molar-refractivity contribution in [3.05, 3.63) is 23.8 Å². The van der Waals surface area contributed by atoms with E-state index in [1.165, 1.54) is 10.5 Å². The SMILES string of the molecule is OCCSc1ccc2c(c1)CCCO2. The normalized spacial score (nSPS) is 14.6. The van der Waals surface area contributed by atoms with Crippen LogP contribution in [0.5, 0.6) is 5.75 Å². The van der Waals surface area contributed by atoms with Crippen LogP contribution in [0.1, 0.15) is 12.0 Å². The van der Waals surface area contributed by atoms with Crippen molar-refractivity contribution in [3.8, 4) is 5.75 Å². The molecule has 0 atom stereocenters. The first-order valence-electron chi connectivity index (χ1n) is 4.89. The molecule has 1 aromatic rings. The van der Waals surface area contributed by atoms with Crippen LogP contribution in [0.4, 0.5) is 0 Å². The van der Waals surface area contributed by atoms with Crippen LogP contribution in [0.25, 0.3) is 0 Å². The summed E-state index contributed by atoms with van der Waals surface area (Å²) in [7, 11) is 0. The van der Waals surface area contributed by atoms with E-state index in [1.54, 1.807) is 11.8 Å². The van der Waals surface area contributed by atoms with Gasteiger partial charge in [0.05, 0.1) is 13.2 Å². The molecule has 0 saturated heterocycles. The highest BCUT2D eigenvalue weighted by molar-refractivity contribution is 7.99. The van der Waals surface area contributed by atoms with Crippen molar-refractivity contribution in [2.45, 2.75) is 17.7 Å². The van der Waals surface area contributed by atoms with Crippen LogP contribution in [0.2, 0.25) is 0 Å². The van der Waals surface area contributed by atoms with Crippen LogP contribution >= 0.6 is 11.8 Å². The fourth-order valence-corrected chi connectivity index (χ4v) is 2.31. The number of thioether (sulfide) groups is 1. The molecule has 0 aliphatic carbocycles. The topological polar surface area (TPSA) is 29.5 Å². The van der Waals surface area contributed by atoms with Gasteiger partial charge in [0.2, 0.25) is 0 Å². The lowest BCUT2D eigenvalue weighted by molar-refractivity contribution is 0.288. The Morgan fingerprint density at radius 3 is 3.21 bits per heavy atom. The average molecular weight is 210 g/mol. The predicted molar refractivity (Wildman–Crippen MR) is 58.1 cm³/mol. The molecule has 0 amide bonds. The molecule has 76 valence electrons. The molecule has 1 heterocycles. The Kier molecular flexibility index (Phi) is 3.32. The zero-order valence-electron chi connectivity index (χ0n) is 8.03. The zero-order chi connectivity index (χ0) is 9.80. The largest absolute Gasteiger partial charge is 0.493 e. The second kappa shape index (κ2) is 4.71. The highest BCUT2D eigenvalue weighted by Gasteiger charge is 2.10. The van der Waals surface area contributed by atoms with E-state index in [0.717, 1.165) is 31.0 Å². The van der Waals surface area contributed by atoms with E-state index < -0.39 is 0 Å².